The average molecular weight is 467 g/mol. The molecule has 0 aliphatic heterocycles. The Bertz CT molecular complexity index is 1350. The number of nitrogens with two attached hydrogens (primary N) is 1. The molecule has 0 unspecified atom stereocenters. The summed E-state index contributed by atoms with van der Waals surface area (Å²) in [7, 11) is 1.28. The number of fused-ring (bicyclic) bond motifs is 1. The molecule has 2 heterocycles. The van der Waals surface area contributed by atoms with Gasteiger partial charge in [-0.05, 0) is 48.5 Å². The average Bonchev–Trinajstić information content (AvgIpc) is 3.42. The molecule has 33 heavy (non-hydrogen) atoms. The van der Waals surface area contributed by atoms with Crippen LogP contribution in [0.15, 0.2) is 57.4 Å². The van der Waals surface area contributed by atoms with Crippen molar-refractivity contribution >= 4 is 45.8 Å². The minimum absolute atomic E-state index is 0.105. The standard InChI is InChI=1S/C25H23ClN2O5/c1-13(2)22-12-16-9-17(26)8-15(23(16)33-22)10-18-5-7-21(32-18)24(29)28-20-11-14(25(30)31-3)4-6-19(20)27/h4-9,11-13H,10,27H2,1-3H3,(H,28,29). The molecule has 0 aliphatic rings. The summed E-state index contributed by atoms with van der Waals surface area (Å²) in [6, 6.07) is 13.5. The van der Waals surface area contributed by atoms with E-state index in [-0.39, 0.29) is 22.9 Å². The highest BCUT2D eigenvalue weighted by atomic mass is 35.5. The summed E-state index contributed by atoms with van der Waals surface area (Å²) < 4.78 is 16.5. The number of amides is 1. The van der Waals surface area contributed by atoms with Gasteiger partial charge in [-0.3, -0.25) is 4.79 Å². The lowest BCUT2D eigenvalue weighted by Crippen LogP contribution is -2.13. The highest BCUT2D eigenvalue weighted by Crippen LogP contribution is 2.32. The summed E-state index contributed by atoms with van der Waals surface area (Å²) in [5.41, 5.74) is 8.41. The van der Waals surface area contributed by atoms with Crippen LogP contribution in [-0.4, -0.2) is 19.0 Å². The number of carbonyl (C=O) groups is 2. The number of halogens is 1. The molecular weight excluding hydrogens is 444 g/mol. The fourth-order valence-electron chi connectivity index (χ4n) is 3.50. The Labute approximate surface area is 195 Å². The van der Waals surface area contributed by atoms with E-state index in [0.717, 1.165) is 22.3 Å². The number of nitrogens with one attached hydrogen (secondary N) is 1. The van der Waals surface area contributed by atoms with Gasteiger partial charge in [0.1, 0.15) is 17.1 Å². The Morgan fingerprint density at radius 2 is 1.88 bits per heavy atom. The molecule has 1 amide bonds. The number of methoxy groups -OCH3 is 1. The van der Waals surface area contributed by atoms with Crippen molar-refractivity contribution in [3.8, 4) is 0 Å². The van der Waals surface area contributed by atoms with E-state index < -0.39 is 11.9 Å². The van der Waals surface area contributed by atoms with E-state index in [0.29, 0.717) is 22.9 Å². The van der Waals surface area contributed by atoms with Crippen molar-refractivity contribution in [2.45, 2.75) is 26.2 Å². The maximum absolute atomic E-state index is 12.7. The molecule has 0 spiro atoms. The zero-order valence-electron chi connectivity index (χ0n) is 18.4. The number of anilines is 2. The second-order valence-electron chi connectivity index (χ2n) is 7.98. The van der Waals surface area contributed by atoms with Gasteiger partial charge in [-0.25, -0.2) is 4.79 Å². The fraction of sp³-hybridized carbons (Fsp3) is 0.200. The van der Waals surface area contributed by atoms with Crippen molar-refractivity contribution in [1.82, 2.24) is 0 Å². The number of rotatable bonds is 6. The molecule has 170 valence electrons. The van der Waals surface area contributed by atoms with Crippen molar-refractivity contribution in [2.75, 3.05) is 18.2 Å². The number of furan rings is 2. The van der Waals surface area contributed by atoms with Crippen LogP contribution in [0.3, 0.4) is 0 Å². The van der Waals surface area contributed by atoms with Gasteiger partial charge in [0.2, 0.25) is 0 Å². The normalized spacial score (nSPS) is 11.2. The summed E-state index contributed by atoms with van der Waals surface area (Å²) >= 11 is 6.30. The van der Waals surface area contributed by atoms with Crippen LogP contribution in [-0.2, 0) is 11.2 Å². The third-order valence-corrected chi connectivity index (χ3v) is 5.44. The van der Waals surface area contributed by atoms with Crippen LogP contribution in [0.1, 0.15) is 57.8 Å². The number of nitrogen functional groups attached to an aromatic ring is 1. The van der Waals surface area contributed by atoms with Crippen LogP contribution in [0.2, 0.25) is 5.02 Å². The Morgan fingerprint density at radius 3 is 2.61 bits per heavy atom. The van der Waals surface area contributed by atoms with Gasteiger partial charge in [0.25, 0.3) is 5.91 Å². The number of benzene rings is 2. The molecule has 0 atom stereocenters. The fourth-order valence-corrected chi connectivity index (χ4v) is 3.75. The van der Waals surface area contributed by atoms with E-state index in [9.17, 15) is 9.59 Å². The lowest BCUT2D eigenvalue weighted by molar-refractivity contribution is 0.0600. The predicted molar refractivity (Wildman–Crippen MR) is 127 cm³/mol. The third kappa shape index (κ3) is 4.73. The van der Waals surface area contributed by atoms with Crippen molar-refractivity contribution in [3.05, 3.63) is 82.0 Å². The quantitative estimate of drug-likeness (QED) is 0.266. The smallest absolute Gasteiger partial charge is 0.337 e. The van der Waals surface area contributed by atoms with Gasteiger partial charge in [0.15, 0.2) is 5.76 Å². The van der Waals surface area contributed by atoms with E-state index in [1.165, 1.54) is 25.3 Å². The zero-order chi connectivity index (χ0) is 23.7. The first-order valence-corrected chi connectivity index (χ1v) is 10.7. The molecule has 7 nitrogen and oxygen atoms in total. The number of hydrogen-bond acceptors (Lipinski definition) is 6. The molecule has 2 aromatic carbocycles. The first-order valence-electron chi connectivity index (χ1n) is 10.3. The summed E-state index contributed by atoms with van der Waals surface area (Å²) in [6.07, 6.45) is 0.398. The molecule has 3 N–H and O–H groups in total. The molecule has 4 aromatic rings. The number of esters is 1. The summed E-state index contributed by atoms with van der Waals surface area (Å²) in [4.78, 5) is 24.5. The minimum Gasteiger partial charge on any atom is -0.465 e. The van der Waals surface area contributed by atoms with E-state index in [1.807, 2.05) is 18.2 Å². The van der Waals surface area contributed by atoms with E-state index >= 15 is 0 Å². The third-order valence-electron chi connectivity index (χ3n) is 5.22. The summed E-state index contributed by atoms with van der Waals surface area (Å²) in [6.45, 7) is 4.12. The number of hydrogen-bond donors (Lipinski definition) is 2. The topological polar surface area (TPSA) is 108 Å². The Kier molecular flexibility index (Phi) is 6.16. The van der Waals surface area contributed by atoms with Gasteiger partial charge in [-0.2, -0.15) is 0 Å². The maximum Gasteiger partial charge on any atom is 0.337 e. The number of ether oxygens (including phenoxy) is 1. The minimum atomic E-state index is -0.530. The van der Waals surface area contributed by atoms with Crippen LogP contribution >= 0.6 is 11.6 Å². The Morgan fingerprint density at radius 1 is 1.09 bits per heavy atom. The van der Waals surface area contributed by atoms with Crippen LogP contribution in [0, 0.1) is 0 Å². The lowest BCUT2D eigenvalue weighted by Gasteiger charge is -2.08. The van der Waals surface area contributed by atoms with Gasteiger partial charge >= 0.3 is 5.97 Å². The Hall–Kier alpha value is -3.71. The molecule has 0 radical (unpaired) electrons. The summed E-state index contributed by atoms with van der Waals surface area (Å²) in [5, 5.41) is 4.19. The van der Waals surface area contributed by atoms with Gasteiger partial charge in [-0.1, -0.05) is 25.4 Å². The van der Waals surface area contributed by atoms with Gasteiger partial charge < -0.3 is 24.6 Å². The highest BCUT2D eigenvalue weighted by Gasteiger charge is 2.17. The van der Waals surface area contributed by atoms with E-state index in [2.05, 4.69) is 19.2 Å². The van der Waals surface area contributed by atoms with Crippen molar-refractivity contribution in [1.29, 1.82) is 0 Å². The molecule has 0 saturated carbocycles. The number of carbonyl (C=O) groups excluding carboxylic acids is 2. The van der Waals surface area contributed by atoms with Crippen LogP contribution in [0.4, 0.5) is 11.4 Å². The van der Waals surface area contributed by atoms with E-state index in [1.54, 1.807) is 12.1 Å². The zero-order valence-corrected chi connectivity index (χ0v) is 19.2. The first-order chi connectivity index (χ1) is 15.7. The van der Waals surface area contributed by atoms with E-state index in [4.69, 9.17) is 30.9 Å². The van der Waals surface area contributed by atoms with Crippen molar-refractivity contribution < 1.29 is 23.2 Å². The first kappa shape index (κ1) is 22.5. The lowest BCUT2D eigenvalue weighted by atomic mass is 10.1. The molecule has 0 bridgehead atoms. The van der Waals surface area contributed by atoms with Crippen molar-refractivity contribution in [3.63, 3.8) is 0 Å². The monoisotopic (exact) mass is 466 g/mol. The molecule has 0 saturated heterocycles. The van der Waals surface area contributed by atoms with Gasteiger partial charge in [-0.15, -0.1) is 0 Å². The largest absolute Gasteiger partial charge is 0.465 e. The van der Waals surface area contributed by atoms with Gasteiger partial charge in [0, 0.05) is 28.3 Å². The second-order valence-corrected chi connectivity index (χ2v) is 8.41. The molecule has 2 aromatic heterocycles. The second kappa shape index (κ2) is 9.03. The van der Waals surface area contributed by atoms with Crippen LogP contribution < -0.4 is 11.1 Å². The molecule has 0 aliphatic carbocycles. The molecule has 0 fully saturated rings. The SMILES string of the molecule is COC(=O)c1ccc(N)c(NC(=O)c2ccc(Cc3cc(Cl)cc4cc(C(C)C)oc34)o2)c1. The van der Waals surface area contributed by atoms with Gasteiger partial charge in [0.05, 0.1) is 24.0 Å². The molecule has 8 heteroatoms. The molecular formula is C25H23ClN2O5. The highest BCUT2D eigenvalue weighted by molar-refractivity contribution is 6.31. The summed E-state index contributed by atoms with van der Waals surface area (Å²) in [5.74, 6) is 0.771. The Balaban J connectivity index is 1.55. The van der Waals surface area contributed by atoms with Crippen LogP contribution in [0.25, 0.3) is 11.0 Å². The maximum atomic E-state index is 12.7. The predicted octanol–water partition coefficient (Wildman–Crippen LogP) is 6.01. The van der Waals surface area contributed by atoms with Crippen molar-refractivity contribution in [2.24, 2.45) is 0 Å². The molecule has 4 rings (SSSR count). The van der Waals surface area contributed by atoms with Crippen LogP contribution in [0.5, 0.6) is 0 Å².